The zero-order valence-corrected chi connectivity index (χ0v) is 20.6. The van der Waals surface area contributed by atoms with Crippen molar-refractivity contribution in [3.05, 3.63) is 101 Å². The van der Waals surface area contributed by atoms with Crippen molar-refractivity contribution in [3.8, 4) is 0 Å². The van der Waals surface area contributed by atoms with Crippen LogP contribution in [0.3, 0.4) is 0 Å². The molecule has 3 aliphatic carbocycles. The minimum absolute atomic E-state index is 0.166. The molecule has 1 heterocycles. The van der Waals surface area contributed by atoms with Gasteiger partial charge in [0, 0.05) is 17.5 Å². The molecule has 1 N–H and O–H groups in total. The van der Waals surface area contributed by atoms with Crippen molar-refractivity contribution in [1.82, 2.24) is 4.90 Å². The lowest BCUT2D eigenvalue weighted by molar-refractivity contribution is -0.147. The summed E-state index contributed by atoms with van der Waals surface area (Å²) in [5, 5.41) is 2.98. The number of hydrogen-bond donors (Lipinski definition) is 1. The lowest BCUT2D eigenvalue weighted by atomic mass is 9.55. The van der Waals surface area contributed by atoms with Gasteiger partial charge in [0.15, 0.2) is 0 Å². The standard InChI is InChI=1S/C31H30N2O3/c1-3-4-16-24(29(34)32-19-11-9-10-18(2)17-19)33-30(35)27-25-20-12-5-6-13-21(20)26(28(27)31(33)36)23-15-8-7-14-22(23)25/h5-15,17,24-28H,3-4,16H2,1-2H3,(H,32,34)/t24-,25?,26?,27-,28+/m0/s1. The fourth-order valence-corrected chi connectivity index (χ4v) is 6.73. The highest BCUT2D eigenvalue weighted by atomic mass is 16.2. The van der Waals surface area contributed by atoms with E-state index in [1.165, 1.54) is 4.90 Å². The van der Waals surface area contributed by atoms with Crippen LogP contribution in [0.2, 0.25) is 0 Å². The van der Waals surface area contributed by atoms with Gasteiger partial charge in [0.25, 0.3) is 0 Å². The molecule has 182 valence electrons. The van der Waals surface area contributed by atoms with Crippen LogP contribution in [-0.4, -0.2) is 28.7 Å². The Balaban J connectivity index is 1.40. The SMILES string of the molecule is CCCC[C@@H](C(=O)Nc1cccc(C)c1)N1C(=O)[C@@H]2C3c4ccccc4C(c4ccccc43)[C@@H]2C1=O. The largest absolute Gasteiger partial charge is 0.324 e. The molecule has 5 nitrogen and oxygen atoms in total. The number of unbranched alkanes of at least 4 members (excludes halogenated alkanes) is 1. The van der Waals surface area contributed by atoms with Gasteiger partial charge < -0.3 is 5.32 Å². The first-order chi connectivity index (χ1) is 17.5. The van der Waals surface area contributed by atoms with Crippen LogP contribution in [0.1, 0.15) is 65.8 Å². The van der Waals surface area contributed by atoms with Crippen LogP contribution in [0, 0.1) is 18.8 Å². The van der Waals surface area contributed by atoms with Gasteiger partial charge in [0.05, 0.1) is 11.8 Å². The first kappa shape index (κ1) is 22.7. The second-order valence-corrected chi connectivity index (χ2v) is 10.3. The van der Waals surface area contributed by atoms with Gasteiger partial charge in [0.2, 0.25) is 17.7 Å². The van der Waals surface area contributed by atoms with E-state index in [-0.39, 0.29) is 29.6 Å². The Bertz CT molecular complexity index is 1260. The summed E-state index contributed by atoms with van der Waals surface area (Å²) in [5.74, 6) is -1.97. The van der Waals surface area contributed by atoms with Gasteiger partial charge in [-0.15, -0.1) is 0 Å². The second kappa shape index (κ2) is 8.74. The Morgan fingerprint density at radius 1 is 0.833 bits per heavy atom. The summed E-state index contributed by atoms with van der Waals surface area (Å²) < 4.78 is 0. The highest BCUT2D eigenvalue weighted by Gasteiger charge is 2.62. The molecule has 3 amide bonds. The molecule has 7 rings (SSSR count). The van der Waals surface area contributed by atoms with Crippen LogP contribution in [0.5, 0.6) is 0 Å². The summed E-state index contributed by atoms with van der Waals surface area (Å²) in [6.07, 6.45) is 2.09. The number of imide groups is 1. The summed E-state index contributed by atoms with van der Waals surface area (Å²) >= 11 is 0. The van der Waals surface area contributed by atoms with Crippen LogP contribution < -0.4 is 5.32 Å². The van der Waals surface area contributed by atoms with Gasteiger partial charge in [-0.1, -0.05) is 80.4 Å². The lowest BCUT2D eigenvalue weighted by Gasteiger charge is -2.45. The zero-order chi connectivity index (χ0) is 25.0. The number of benzene rings is 3. The number of likely N-dealkylation sites (tertiary alicyclic amines) is 1. The topological polar surface area (TPSA) is 66.5 Å². The Labute approximate surface area is 211 Å². The van der Waals surface area contributed by atoms with Gasteiger partial charge in [-0.3, -0.25) is 19.3 Å². The maximum Gasteiger partial charge on any atom is 0.247 e. The molecule has 4 aliphatic rings. The van der Waals surface area contributed by atoms with E-state index in [0.29, 0.717) is 12.1 Å². The normalized spacial score (nSPS) is 24.2. The fourth-order valence-electron chi connectivity index (χ4n) is 6.73. The third-order valence-electron chi connectivity index (χ3n) is 8.21. The van der Waals surface area contributed by atoms with E-state index in [4.69, 9.17) is 0 Å². The number of rotatable bonds is 6. The van der Waals surface area contributed by atoms with E-state index >= 15 is 0 Å². The summed E-state index contributed by atoms with van der Waals surface area (Å²) in [4.78, 5) is 43.1. The minimum Gasteiger partial charge on any atom is -0.324 e. The van der Waals surface area contributed by atoms with Gasteiger partial charge >= 0.3 is 0 Å². The van der Waals surface area contributed by atoms with Crippen molar-refractivity contribution in [1.29, 1.82) is 0 Å². The van der Waals surface area contributed by atoms with Crippen LogP contribution in [-0.2, 0) is 14.4 Å². The molecule has 5 heteroatoms. The molecule has 3 atom stereocenters. The number of carbonyl (C=O) groups excluding carboxylic acids is 3. The quantitative estimate of drug-likeness (QED) is 0.484. The smallest absolute Gasteiger partial charge is 0.247 e. The number of anilines is 1. The first-order valence-corrected chi connectivity index (χ1v) is 12.9. The predicted molar refractivity (Wildman–Crippen MR) is 139 cm³/mol. The van der Waals surface area contributed by atoms with E-state index in [1.807, 2.05) is 55.5 Å². The molecule has 0 saturated carbocycles. The summed E-state index contributed by atoms with van der Waals surface area (Å²) in [6.45, 7) is 4.02. The van der Waals surface area contributed by atoms with Crippen LogP contribution >= 0.6 is 0 Å². The van der Waals surface area contributed by atoms with E-state index in [1.54, 1.807) is 0 Å². The zero-order valence-electron chi connectivity index (χ0n) is 20.6. The van der Waals surface area contributed by atoms with Gasteiger partial charge in [-0.25, -0.2) is 0 Å². The minimum atomic E-state index is -0.818. The van der Waals surface area contributed by atoms with E-state index in [0.717, 1.165) is 40.7 Å². The molecule has 0 spiro atoms. The van der Waals surface area contributed by atoms with Crippen molar-refractivity contribution in [2.24, 2.45) is 11.8 Å². The first-order valence-electron chi connectivity index (χ1n) is 12.9. The van der Waals surface area contributed by atoms with Gasteiger partial charge in [-0.05, 0) is 53.3 Å². The van der Waals surface area contributed by atoms with E-state index in [2.05, 4.69) is 36.5 Å². The van der Waals surface area contributed by atoms with Crippen LogP contribution in [0.15, 0.2) is 72.8 Å². The average Bonchev–Trinajstić information content (AvgIpc) is 3.15. The molecule has 36 heavy (non-hydrogen) atoms. The van der Waals surface area contributed by atoms with Crippen molar-refractivity contribution < 1.29 is 14.4 Å². The number of amides is 3. The molecule has 1 fully saturated rings. The molecule has 3 aromatic carbocycles. The van der Waals surface area contributed by atoms with Crippen LogP contribution in [0.25, 0.3) is 0 Å². The highest BCUT2D eigenvalue weighted by Crippen LogP contribution is 2.61. The Morgan fingerprint density at radius 3 is 1.83 bits per heavy atom. The second-order valence-electron chi connectivity index (χ2n) is 10.3. The number of carbonyl (C=O) groups is 3. The monoisotopic (exact) mass is 478 g/mol. The van der Waals surface area contributed by atoms with Crippen molar-refractivity contribution >= 4 is 23.4 Å². The maximum atomic E-state index is 14.1. The van der Waals surface area contributed by atoms with Crippen LogP contribution in [0.4, 0.5) is 5.69 Å². The number of aryl methyl sites for hydroxylation is 1. The molecule has 0 aromatic heterocycles. The van der Waals surface area contributed by atoms with Gasteiger partial charge in [-0.2, -0.15) is 0 Å². The molecular formula is C31H30N2O3. The van der Waals surface area contributed by atoms with Crippen molar-refractivity contribution in [2.75, 3.05) is 5.32 Å². The Morgan fingerprint density at radius 2 is 1.36 bits per heavy atom. The Kier molecular flexibility index (Phi) is 5.51. The number of nitrogens with zero attached hydrogens (tertiary/aromatic N) is 1. The fraction of sp³-hybridized carbons (Fsp3) is 0.323. The van der Waals surface area contributed by atoms with E-state index in [9.17, 15) is 14.4 Å². The van der Waals surface area contributed by atoms with Crippen molar-refractivity contribution in [3.63, 3.8) is 0 Å². The molecule has 2 bridgehead atoms. The molecule has 0 unspecified atom stereocenters. The predicted octanol–water partition coefficient (Wildman–Crippen LogP) is 5.38. The third kappa shape index (κ3) is 3.33. The molecular weight excluding hydrogens is 448 g/mol. The summed E-state index contributed by atoms with van der Waals surface area (Å²) in [5.41, 5.74) is 6.27. The highest BCUT2D eigenvalue weighted by molar-refractivity contribution is 6.11. The van der Waals surface area contributed by atoms with E-state index < -0.39 is 17.9 Å². The molecule has 0 radical (unpaired) electrons. The number of nitrogens with one attached hydrogen (secondary N) is 1. The molecule has 1 saturated heterocycles. The third-order valence-corrected chi connectivity index (χ3v) is 8.21. The molecule has 1 aliphatic heterocycles. The van der Waals surface area contributed by atoms with Gasteiger partial charge in [0.1, 0.15) is 6.04 Å². The molecule has 3 aromatic rings. The Hall–Kier alpha value is -3.73. The van der Waals surface area contributed by atoms with Crippen molar-refractivity contribution in [2.45, 2.75) is 51.0 Å². The lowest BCUT2D eigenvalue weighted by Crippen LogP contribution is -2.48. The number of hydrogen-bond acceptors (Lipinski definition) is 3. The maximum absolute atomic E-state index is 14.1. The summed E-state index contributed by atoms with van der Waals surface area (Å²) in [6, 6.07) is 23.2. The average molecular weight is 479 g/mol. The summed E-state index contributed by atoms with van der Waals surface area (Å²) in [7, 11) is 0.